The molecule has 0 saturated carbocycles. The third kappa shape index (κ3) is 1.35. The van der Waals surface area contributed by atoms with E-state index in [1.165, 1.54) is 6.07 Å². The topological polar surface area (TPSA) is 41.8 Å². The summed E-state index contributed by atoms with van der Waals surface area (Å²) in [5, 5.41) is 0.858. The van der Waals surface area contributed by atoms with Crippen molar-refractivity contribution in [2.45, 2.75) is 13.5 Å². The molecule has 0 aliphatic heterocycles. The SMILES string of the molecule is Cc1[nH]c2c(F)cc(Br)cc2c1CN. The molecule has 3 N–H and O–H groups in total. The average molecular weight is 257 g/mol. The largest absolute Gasteiger partial charge is 0.356 e. The molecule has 0 aliphatic rings. The number of benzene rings is 1. The van der Waals surface area contributed by atoms with Gasteiger partial charge in [0.15, 0.2) is 0 Å². The van der Waals surface area contributed by atoms with E-state index in [4.69, 9.17) is 5.73 Å². The van der Waals surface area contributed by atoms with Gasteiger partial charge in [-0.2, -0.15) is 0 Å². The van der Waals surface area contributed by atoms with Gasteiger partial charge in [-0.1, -0.05) is 15.9 Å². The molecule has 74 valence electrons. The van der Waals surface area contributed by atoms with Crippen molar-refractivity contribution in [3.05, 3.63) is 33.7 Å². The second-order valence-corrected chi connectivity index (χ2v) is 4.16. The first-order valence-electron chi connectivity index (χ1n) is 4.29. The standard InChI is InChI=1S/C10H10BrFN2/c1-5-8(4-13)7-2-6(11)3-9(12)10(7)14-5/h2-3,14H,4,13H2,1H3. The van der Waals surface area contributed by atoms with Crippen molar-refractivity contribution in [1.82, 2.24) is 4.98 Å². The van der Waals surface area contributed by atoms with Gasteiger partial charge in [-0.15, -0.1) is 0 Å². The van der Waals surface area contributed by atoms with E-state index in [1.807, 2.05) is 13.0 Å². The van der Waals surface area contributed by atoms with Crippen LogP contribution in [0.4, 0.5) is 4.39 Å². The lowest BCUT2D eigenvalue weighted by atomic mass is 10.1. The van der Waals surface area contributed by atoms with Gasteiger partial charge in [0.05, 0.1) is 5.52 Å². The molecule has 2 aromatic rings. The Balaban J connectivity index is 2.87. The van der Waals surface area contributed by atoms with Gasteiger partial charge in [-0.25, -0.2) is 4.39 Å². The van der Waals surface area contributed by atoms with E-state index in [-0.39, 0.29) is 5.82 Å². The summed E-state index contributed by atoms with van der Waals surface area (Å²) in [6, 6.07) is 3.32. The Morgan fingerprint density at radius 1 is 1.50 bits per heavy atom. The van der Waals surface area contributed by atoms with E-state index in [9.17, 15) is 4.39 Å². The first-order chi connectivity index (χ1) is 6.63. The monoisotopic (exact) mass is 256 g/mol. The molecule has 0 saturated heterocycles. The van der Waals surface area contributed by atoms with Crippen molar-refractivity contribution < 1.29 is 4.39 Å². The van der Waals surface area contributed by atoms with Crippen LogP contribution in [-0.2, 0) is 6.54 Å². The van der Waals surface area contributed by atoms with Crippen LogP contribution < -0.4 is 5.73 Å². The molecule has 0 amide bonds. The summed E-state index contributed by atoms with van der Waals surface area (Å²) in [5.41, 5.74) is 8.04. The van der Waals surface area contributed by atoms with Gasteiger partial charge in [0, 0.05) is 22.1 Å². The molecule has 1 aromatic heterocycles. The number of hydrogen-bond donors (Lipinski definition) is 2. The van der Waals surface area contributed by atoms with E-state index in [2.05, 4.69) is 20.9 Å². The number of aryl methyl sites for hydroxylation is 1. The Bertz CT molecular complexity index is 490. The fourth-order valence-electron chi connectivity index (χ4n) is 1.67. The molecule has 2 rings (SSSR count). The lowest BCUT2D eigenvalue weighted by molar-refractivity contribution is 0.636. The molecule has 0 bridgehead atoms. The summed E-state index contributed by atoms with van der Waals surface area (Å²) in [6.45, 7) is 2.32. The number of aromatic amines is 1. The minimum absolute atomic E-state index is 0.253. The summed E-state index contributed by atoms with van der Waals surface area (Å²) in [7, 11) is 0. The quantitative estimate of drug-likeness (QED) is 0.810. The molecule has 0 atom stereocenters. The Hall–Kier alpha value is -0.870. The molecular weight excluding hydrogens is 247 g/mol. The Kier molecular flexibility index (Phi) is 2.33. The summed E-state index contributed by atoms with van der Waals surface area (Å²) in [4.78, 5) is 3.00. The van der Waals surface area contributed by atoms with Crippen molar-refractivity contribution in [3.63, 3.8) is 0 Å². The summed E-state index contributed by atoms with van der Waals surface area (Å²) in [5.74, 6) is -0.253. The molecule has 1 aromatic carbocycles. The Morgan fingerprint density at radius 2 is 2.21 bits per heavy atom. The van der Waals surface area contributed by atoms with Crippen molar-refractivity contribution in [3.8, 4) is 0 Å². The van der Waals surface area contributed by atoms with Gasteiger partial charge in [0.1, 0.15) is 5.82 Å². The van der Waals surface area contributed by atoms with Gasteiger partial charge in [-0.3, -0.25) is 0 Å². The highest BCUT2D eigenvalue weighted by Gasteiger charge is 2.11. The highest BCUT2D eigenvalue weighted by Crippen LogP contribution is 2.27. The van der Waals surface area contributed by atoms with Gasteiger partial charge in [-0.05, 0) is 24.6 Å². The van der Waals surface area contributed by atoms with Gasteiger partial charge in [0.2, 0.25) is 0 Å². The fourth-order valence-corrected chi connectivity index (χ4v) is 2.10. The minimum Gasteiger partial charge on any atom is -0.356 e. The molecule has 1 heterocycles. The normalized spacial score (nSPS) is 11.1. The maximum atomic E-state index is 13.5. The third-order valence-corrected chi connectivity index (χ3v) is 2.81. The maximum Gasteiger partial charge on any atom is 0.148 e. The molecule has 0 unspecified atom stereocenters. The van der Waals surface area contributed by atoms with Crippen molar-refractivity contribution in [1.29, 1.82) is 0 Å². The average Bonchev–Trinajstić information content (AvgIpc) is 2.41. The first kappa shape index (κ1) is 9.68. The van der Waals surface area contributed by atoms with Crippen LogP contribution >= 0.6 is 15.9 Å². The molecule has 0 fully saturated rings. The number of H-pyrrole nitrogens is 1. The van der Waals surface area contributed by atoms with Crippen LogP contribution in [0.25, 0.3) is 10.9 Å². The molecule has 4 heteroatoms. The van der Waals surface area contributed by atoms with Gasteiger partial charge in [0.25, 0.3) is 0 Å². The third-order valence-electron chi connectivity index (χ3n) is 2.35. The fraction of sp³-hybridized carbons (Fsp3) is 0.200. The van der Waals surface area contributed by atoms with Crippen molar-refractivity contribution >= 4 is 26.8 Å². The Labute approximate surface area is 89.4 Å². The Morgan fingerprint density at radius 3 is 2.86 bits per heavy atom. The first-order valence-corrected chi connectivity index (χ1v) is 5.09. The van der Waals surface area contributed by atoms with E-state index in [0.29, 0.717) is 12.1 Å². The molecule has 0 spiro atoms. The number of nitrogens with two attached hydrogens (primary N) is 1. The van der Waals surface area contributed by atoms with Crippen LogP contribution in [0.1, 0.15) is 11.3 Å². The number of aromatic nitrogens is 1. The highest BCUT2D eigenvalue weighted by atomic mass is 79.9. The lowest BCUT2D eigenvalue weighted by Crippen LogP contribution is -1.96. The number of nitrogens with one attached hydrogen (secondary N) is 1. The van der Waals surface area contributed by atoms with Crippen LogP contribution in [0.3, 0.4) is 0 Å². The zero-order valence-corrected chi connectivity index (χ0v) is 9.28. The lowest BCUT2D eigenvalue weighted by Gasteiger charge is -1.97. The number of hydrogen-bond acceptors (Lipinski definition) is 1. The van der Waals surface area contributed by atoms with Crippen molar-refractivity contribution in [2.75, 3.05) is 0 Å². The van der Waals surface area contributed by atoms with Crippen LogP contribution in [0.2, 0.25) is 0 Å². The zero-order valence-electron chi connectivity index (χ0n) is 7.70. The minimum atomic E-state index is -0.253. The summed E-state index contributed by atoms with van der Waals surface area (Å²) >= 11 is 3.26. The maximum absolute atomic E-state index is 13.5. The summed E-state index contributed by atoms with van der Waals surface area (Å²) in [6.07, 6.45) is 0. The smallest absolute Gasteiger partial charge is 0.148 e. The van der Waals surface area contributed by atoms with Crippen molar-refractivity contribution in [2.24, 2.45) is 5.73 Å². The van der Waals surface area contributed by atoms with Crippen LogP contribution in [0.5, 0.6) is 0 Å². The van der Waals surface area contributed by atoms with E-state index in [1.54, 1.807) is 0 Å². The second-order valence-electron chi connectivity index (χ2n) is 3.24. The predicted octanol–water partition coefficient (Wildman–Crippen LogP) is 2.84. The zero-order chi connectivity index (χ0) is 10.3. The van der Waals surface area contributed by atoms with Crippen LogP contribution in [0, 0.1) is 12.7 Å². The van der Waals surface area contributed by atoms with Crippen LogP contribution in [-0.4, -0.2) is 4.98 Å². The molecule has 0 aliphatic carbocycles. The van der Waals surface area contributed by atoms with Crippen LogP contribution in [0.15, 0.2) is 16.6 Å². The van der Waals surface area contributed by atoms with Gasteiger partial charge < -0.3 is 10.7 Å². The number of rotatable bonds is 1. The predicted molar refractivity (Wildman–Crippen MR) is 58.6 cm³/mol. The number of halogens is 2. The number of fused-ring (bicyclic) bond motifs is 1. The van der Waals surface area contributed by atoms with E-state index < -0.39 is 0 Å². The molecule has 0 radical (unpaired) electrons. The van der Waals surface area contributed by atoms with Gasteiger partial charge >= 0.3 is 0 Å². The summed E-state index contributed by atoms with van der Waals surface area (Å²) < 4.78 is 14.2. The molecule has 2 nitrogen and oxygen atoms in total. The second kappa shape index (κ2) is 3.37. The highest BCUT2D eigenvalue weighted by molar-refractivity contribution is 9.10. The van der Waals surface area contributed by atoms with E-state index in [0.717, 1.165) is 21.1 Å². The van der Waals surface area contributed by atoms with E-state index >= 15 is 0 Å². The molecular formula is C10H10BrFN2. The molecule has 14 heavy (non-hydrogen) atoms.